The lowest BCUT2D eigenvalue weighted by Gasteiger charge is -2.09. The van der Waals surface area contributed by atoms with Crippen molar-refractivity contribution in [3.63, 3.8) is 0 Å². The van der Waals surface area contributed by atoms with Gasteiger partial charge in [0, 0.05) is 34.7 Å². The summed E-state index contributed by atoms with van der Waals surface area (Å²) in [5, 5.41) is 3.50. The molecule has 96 valence electrons. The summed E-state index contributed by atoms with van der Waals surface area (Å²) >= 11 is 2.34. The number of nitrogens with zero attached hydrogens (tertiary/aromatic N) is 1. The van der Waals surface area contributed by atoms with Crippen molar-refractivity contribution in [2.24, 2.45) is 0 Å². The Morgan fingerprint density at radius 1 is 1.28 bits per heavy atom. The lowest BCUT2D eigenvalue weighted by Crippen LogP contribution is -2.00. The van der Waals surface area contributed by atoms with Crippen molar-refractivity contribution in [3.05, 3.63) is 51.4 Å². The molecule has 0 saturated carbocycles. The molecule has 0 aliphatic heterocycles. The fourth-order valence-electron chi connectivity index (χ4n) is 2.02. The molecule has 0 fully saturated rings. The van der Waals surface area contributed by atoms with Crippen LogP contribution < -0.4 is 5.32 Å². The summed E-state index contributed by atoms with van der Waals surface area (Å²) in [5.74, 6) is 0. The Balaban J connectivity index is 1.97. The molecule has 0 amide bonds. The van der Waals surface area contributed by atoms with Crippen LogP contribution in [0.5, 0.6) is 0 Å². The molecule has 1 N–H and O–H groups in total. The SMILES string of the molecule is CCCn1ccc(CNc2ccc(I)cc2C)c1. The highest BCUT2D eigenvalue weighted by molar-refractivity contribution is 14.1. The Kier molecular flexibility index (Phi) is 4.69. The Morgan fingerprint density at radius 2 is 2.11 bits per heavy atom. The van der Waals surface area contributed by atoms with Gasteiger partial charge in [-0.15, -0.1) is 0 Å². The van der Waals surface area contributed by atoms with Crippen LogP contribution in [0.25, 0.3) is 0 Å². The Labute approximate surface area is 123 Å². The molecule has 0 unspecified atom stereocenters. The zero-order chi connectivity index (χ0) is 13.0. The Morgan fingerprint density at radius 3 is 2.83 bits per heavy atom. The summed E-state index contributed by atoms with van der Waals surface area (Å²) in [6.45, 7) is 6.33. The summed E-state index contributed by atoms with van der Waals surface area (Å²) in [7, 11) is 0. The highest BCUT2D eigenvalue weighted by atomic mass is 127. The maximum Gasteiger partial charge on any atom is 0.0415 e. The minimum absolute atomic E-state index is 0.887. The van der Waals surface area contributed by atoms with Gasteiger partial charge < -0.3 is 9.88 Å². The van der Waals surface area contributed by atoms with Gasteiger partial charge in [0.05, 0.1) is 0 Å². The third-order valence-electron chi connectivity index (χ3n) is 2.96. The van der Waals surface area contributed by atoms with Gasteiger partial charge in [0.15, 0.2) is 0 Å². The third kappa shape index (κ3) is 3.51. The van der Waals surface area contributed by atoms with Crippen molar-refractivity contribution in [1.82, 2.24) is 4.57 Å². The molecule has 0 aliphatic carbocycles. The van der Waals surface area contributed by atoms with E-state index in [0.29, 0.717) is 0 Å². The molecule has 2 nitrogen and oxygen atoms in total. The first-order chi connectivity index (χ1) is 8.69. The highest BCUT2D eigenvalue weighted by Crippen LogP contribution is 2.18. The number of anilines is 1. The second kappa shape index (κ2) is 6.27. The van der Waals surface area contributed by atoms with Gasteiger partial charge in [-0.25, -0.2) is 0 Å². The number of aromatic nitrogens is 1. The molecule has 1 heterocycles. The quantitative estimate of drug-likeness (QED) is 0.787. The molecule has 0 aliphatic rings. The van der Waals surface area contributed by atoms with E-state index in [0.717, 1.165) is 13.1 Å². The van der Waals surface area contributed by atoms with Crippen LogP contribution in [0.2, 0.25) is 0 Å². The van der Waals surface area contributed by atoms with Crippen molar-refractivity contribution in [2.75, 3.05) is 5.32 Å². The summed E-state index contributed by atoms with van der Waals surface area (Å²) < 4.78 is 3.53. The van der Waals surface area contributed by atoms with Crippen LogP contribution >= 0.6 is 22.6 Å². The van der Waals surface area contributed by atoms with Crippen LogP contribution in [0.3, 0.4) is 0 Å². The fourth-order valence-corrected chi connectivity index (χ4v) is 2.66. The largest absolute Gasteiger partial charge is 0.381 e. The third-order valence-corrected chi connectivity index (χ3v) is 3.64. The van der Waals surface area contributed by atoms with Crippen LogP contribution in [0, 0.1) is 10.5 Å². The van der Waals surface area contributed by atoms with Crippen LogP contribution in [0.4, 0.5) is 5.69 Å². The first-order valence-corrected chi connectivity index (χ1v) is 7.41. The van der Waals surface area contributed by atoms with E-state index in [1.165, 1.54) is 26.8 Å². The minimum Gasteiger partial charge on any atom is -0.381 e. The molecule has 0 bridgehead atoms. The standard InChI is InChI=1S/C15H19IN2/c1-3-7-18-8-6-13(11-18)10-17-15-5-4-14(16)9-12(15)2/h4-6,8-9,11,17H,3,7,10H2,1-2H3. The molecule has 0 spiro atoms. The van der Waals surface area contributed by atoms with Gasteiger partial charge in [-0.1, -0.05) is 6.92 Å². The van der Waals surface area contributed by atoms with E-state index in [1.807, 2.05) is 0 Å². The van der Waals surface area contributed by atoms with Crippen LogP contribution in [-0.4, -0.2) is 4.57 Å². The molecular formula is C15H19IN2. The summed E-state index contributed by atoms with van der Waals surface area (Å²) in [6, 6.07) is 8.67. The van der Waals surface area contributed by atoms with E-state index in [1.54, 1.807) is 0 Å². The minimum atomic E-state index is 0.887. The van der Waals surface area contributed by atoms with Gasteiger partial charge in [-0.2, -0.15) is 0 Å². The summed E-state index contributed by atoms with van der Waals surface area (Å²) in [4.78, 5) is 0. The molecule has 1 aromatic carbocycles. The van der Waals surface area contributed by atoms with E-state index >= 15 is 0 Å². The summed E-state index contributed by atoms with van der Waals surface area (Å²) in [5.41, 5.74) is 3.86. The van der Waals surface area contributed by atoms with Gasteiger partial charge in [-0.3, -0.25) is 0 Å². The molecule has 2 aromatic rings. The Hall–Kier alpha value is -0.970. The van der Waals surface area contributed by atoms with E-state index in [9.17, 15) is 0 Å². The fraction of sp³-hybridized carbons (Fsp3) is 0.333. The second-order valence-corrected chi connectivity index (χ2v) is 5.82. The number of benzene rings is 1. The van der Waals surface area contributed by atoms with Crippen LogP contribution in [-0.2, 0) is 13.1 Å². The number of hydrogen-bond donors (Lipinski definition) is 1. The monoisotopic (exact) mass is 354 g/mol. The van der Waals surface area contributed by atoms with Crippen molar-refractivity contribution in [1.29, 1.82) is 0 Å². The van der Waals surface area contributed by atoms with Crippen LogP contribution in [0.15, 0.2) is 36.7 Å². The topological polar surface area (TPSA) is 17.0 Å². The number of nitrogens with one attached hydrogen (secondary N) is 1. The van der Waals surface area contributed by atoms with Gasteiger partial charge in [0.25, 0.3) is 0 Å². The van der Waals surface area contributed by atoms with Crippen molar-refractivity contribution in [3.8, 4) is 0 Å². The van der Waals surface area contributed by atoms with E-state index < -0.39 is 0 Å². The normalized spacial score (nSPS) is 10.6. The predicted molar refractivity (Wildman–Crippen MR) is 85.9 cm³/mol. The average molecular weight is 354 g/mol. The first kappa shape index (κ1) is 13.5. The molecule has 0 saturated heterocycles. The molecule has 2 rings (SSSR count). The number of rotatable bonds is 5. The zero-order valence-corrected chi connectivity index (χ0v) is 13.1. The highest BCUT2D eigenvalue weighted by Gasteiger charge is 2.00. The lowest BCUT2D eigenvalue weighted by molar-refractivity contribution is 0.681. The Bertz CT molecular complexity index is 517. The van der Waals surface area contributed by atoms with Gasteiger partial charge >= 0.3 is 0 Å². The first-order valence-electron chi connectivity index (χ1n) is 6.33. The zero-order valence-electron chi connectivity index (χ0n) is 10.9. The smallest absolute Gasteiger partial charge is 0.0415 e. The molecule has 3 heteroatoms. The van der Waals surface area contributed by atoms with E-state index in [2.05, 4.69) is 83.0 Å². The number of halogens is 1. The average Bonchev–Trinajstić information content (AvgIpc) is 2.76. The molecule has 0 radical (unpaired) electrons. The maximum absolute atomic E-state index is 3.50. The predicted octanol–water partition coefficient (Wildman–Crippen LogP) is 4.42. The van der Waals surface area contributed by atoms with Gasteiger partial charge in [-0.05, 0) is 71.3 Å². The molecule has 1 aromatic heterocycles. The number of aryl methyl sites for hydroxylation is 2. The second-order valence-electron chi connectivity index (χ2n) is 4.57. The van der Waals surface area contributed by atoms with Crippen molar-refractivity contribution in [2.45, 2.75) is 33.4 Å². The molecule has 0 atom stereocenters. The summed E-state index contributed by atoms with van der Waals surface area (Å²) in [6.07, 6.45) is 5.55. The van der Waals surface area contributed by atoms with Gasteiger partial charge in [0.1, 0.15) is 0 Å². The van der Waals surface area contributed by atoms with Gasteiger partial charge in [0.2, 0.25) is 0 Å². The number of hydrogen-bond acceptors (Lipinski definition) is 1. The van der Waals surface area contributed by atoms with Crippen molar-refractivity contribution >= 4 is 28.3 Å². The lowest BCUT2D eigenvalue weighted by atomic mass is 10.2. The maximum atomic E-state index is 3.50. The van der Waals surface area contributed by atoms with Crippen LogP contribution in [0.1, 0.15) is 24.5 Å². The van der Waals surface area contributed by atoms with E-state index in [-0.39, 0.29) is 0 Å². The molecule has 18 heavy (non-hydrogen) atoms. The molecular weight excluding hydrogens is 335 g/mol. The van der Waals surface area contributed by atoms with E-state index in [4.69, 9.17) is 0 Å². The van der Waals surface area contributed by atoms with Crippen molar-refractivity contribution < 1.29 is 0 Å².